The Bertz CT molecular complexity index is 1160. The molecule has 0 aliphatic rings. The second-order valence-corrected chi connectivity index (χ2v) is 6.54. The van der Waals surface area contributed by atoms with E-state index in [1.165, 1.54) is 24.5 Å². The summed E-state index contributed by atoms with van der Waals surface area (Å²) in [4.78, 5) is 13.0. The largest absolute Gasteiger partial charge is 0.481 e. The first kappa shape index (κ1) is 17.6. The van der Waals surface area contributed by atoms with E-state index in [1.807, 2.05) is 0 Å². The van der Waals surface area contributed by atoms with Crippen molar-refractivity contribution in [3.8, 4) is 17.3 Å². The van der Waals surface area contributed by atoms with E-state index in [-0.39, 0.29) is 34.1 Å². The van der Waals surface area contributed by atoms with Gasteiger partial charge in [-0.25, -0.2) is 4.39 Å². The lowest BCUT2D eigenvalue weighted by atomic mass is 10.2. The zero-order valence-electron chi connectivity index (χ0n) is 13.7. The van der Waals surface area contributed by atoms with Gasteiger partial charge in [0.2, 0.25) is 16.9 Å². The monoisotopic (exact) mass is 404 g/mol. The summed E-state index contributed by atoms with van der Waals surface area (Å²) in [5, 5.41) is 0.818. The maximum atomic E-state index is 14.0. The molecule has 0 atom stereocenters. The van der Waals surface area contributed by atoms with Gasteiger partial charge < -0.3 is 13.6 Å². The highest BCUT2D eigenvalue weighted by atomic mass is 35.5. The van der Waals surface area contributed by atoms with Crippen LogP contribution in [-0.2, 0) is 6.61 Å². The Kier molecular flexibility index (Phi) is 4.64. The van der Waals surface area contributed by atoms with Crippen molar-refractivity contribution in [2.75, 3.05) is 0 Å². The number of rotatable bonds is 4. The molecule has 0 radical (unpaired) electrons. The van der Waals surface area contributed by atoms with Gasteiger partial charge in [0.1, 0.15) is 18.0 Å². The Labute approximate surface area is 162 Å². The fraction of sp³-hybridized carbons (Fsp3) is 0.0500. The fourth-order valence-electron chi connectivity index (χ4n) is 2.67. The van der Waals surface area contributed by atoms with E-state index in [0.29, 0.717) is 16.4 Å². The standard InChI is InChI=1S/C20H11Cl2FO4/c21-11-6-7-16-12(9-11)18(24)20(19(27-16)17-5-2-8-25-17)26-10-13-14(22)3-1-4-15(13)23/h1-9H,10H2. The van der Waals surface area contributed by atoms with Crippen molar-refractivity contribution in [2.24, 2.45) is 0 Å². The Hall–Kier alpha value is -2.76. The summed E-state index contributed by atoms with van der Waals surface area (Å²) < 4.78 is 30.9. The molecule has 4 nitrogen and oxygen atoms in total. The van der Waals surface area contributed by atoms with E-state index >= 15 is 0 Å². The van der Waals surface area contributed by atoms with Crippen LogP contribution in [0.1, 0.15) is 5.56 Å². The summed E-state index contributed by atoms with van der Waals surface area (Å²) in [6, 6.07) is 12.3. The molecular formula is C20H11Cl2FO4. The predicted octanol–water partition coefficient (Wildman–Crippen LogP) is 6.08. The average molecular weight is 405 g/mol. The molecule has 4 aromatic rings. The van der Waals surface area contributed by atoms with Crippen molar-refractivity contribution in [1.82, 2.24) is 0 Å². The van der Waals surface area contributed by atoms with E-state index in [1.54, 1.807) is 30.3 Å². The predicted molar refractivity (Wildman–Crippen MR) is 101 cm³/mol. The molecule has 7 heteroatoms. The summed E-state index contributed by atoms with van der Waals surface area (Å²) in [5.74, 6) is -0.236. The van der Waals surface area contributed by atoms with Crippen LogP contribution in [0.2, 0.25) is 10.0 Å². The molecule has 0 aliphatic heterocycles. The minimum atomic E-state index is -0.532. The lowest BCUT2D eigenvalue weighted by Crippen LogP contribution is -2.11. The first-order chi connectivity index (χ1) is 13.0. The van der Waals surface area contributed by atoms with Crippen LogP contribution in [0.3, 0.4) is 0 Å². The highest BCUT2D eigenvalue weighted by Gasteiger charge is 2.21. The second-order valence-electron chi connectivity index (χ2n) is 5.70. The van der Waals surface area contributed by atoms with Crippen LogP contribution in [-0.4, -0.2) is 0 Å². The molecule has 2 aromatic carbocycles. The van der Waals surface area contributed by atoms with Crippen molar-refractivity contribution >= 4 is 34.2 Å². The van der Waals surface area contributed by atoms with Crippen LogP contribution in [0.5, 0.6) is 5.75 Å². The van der Waals surface area contributed by atoms with Gasteiger partial charge in [0.15, 0.2) is 5.76 Å². The lowest BCUT2D eigenvalue weighted by molar-refractivity contribution is 0.290. The lowest BCUT2D eigenvalue weighted by Gasteiger charge is -2.11. The van der Waals surface area contributed by atoms with Crippen LogP contribution in [0, 0.1) is 5.82 Å². The van der Waals surface area contributed by atoms with Gasteiger partial charge in [0.25, 0.3) is 0 Å². The van der Waals surface area contributed by atoms with E-state index < -0.39 is 11.2 Å². The first-order valence-electron chi connectivity index (χ1n) is 7.90. The zero-order valence-corrected chi connectivity index (χ0v) is 15.2. The van der Waals surface area contributed by atoms with Crippen molar-refractivity contribution in [3.63, 3.8) is 0 Å². The maximum absolute atomic E-state index is 14.0. The van der Waals surface area contributed by atoms with Gasteiger partial charge in [-0.05, 0) is 42.5 Å². The van der Waals surface area contributed by atoms with Crippen molar-refractivity contribution in [1.29, 1.82) is 0 Å². The van der Waals surface area contributed by atoms with Gasteiger partial charge in [-0.15, -0.1) is 0 Å². The molecule has 2 aromatic heterocycles. The number of hydrogen-bond donors (Lipinski definition) is 0. The first-order valence-corrected chi connectivity index (χ1v) is 8.66. The maximum Gasteiger partial charge on any atom is 0.235 e. The van der Waals surface area contributed by atoms with Crippen LogP contribution in [0.4, 0.5) is 4.39 Å². The number of furan rings is 1. The van der Waals surface area contributed by atoms with Gasteiger partial charge in [-0.2, -0.15) is 0 Å². The van der Waals surface area contributed by atoms with E-state index in [4.69, 9.17) is 36.8 Å². The second kappa shape index (κ2) is 7.10. The number of halogens is 3. The van der Waals surface area contributed by atoms with Gasteiger partial charge >= 0.3 is 0 Å². The Morgan fingerprint density at radius 1 is 1.07 bits per heavy atom. The molecular weight excluding hydrogens is 394 g/mol. The van der Waals surface area contributed by atoms with E-state index in [2.05, 4.69) is 0 Å². The number of benzene rings is 2. The third kappa shape index (κ3) is 3.31. The van der Waals surface area contributed by atoms with Crippen LogP contribution >= 0.6 is 23.2 Å². The molecule has 0 spiro atoms. The number of fused-ring (bicyclic) bond motifs is 1. The summed E-state index contributed by atoms with van der Waals surface area (Å²) in [6.07, 6.45) is 1.44. The molecule has 0 saturated heterocycles. The quantitative estimate of drug-likeness (QED) is 0.413. The Morgan fingerprint density at radius 2 is 1.93 bits per heavy atom. The highest BCUT2D eigenvalue weighted by molar-refractivity contribution is 6.31. The molecule has 27 heavy (non-hydrogen) atoms. The van der Waals surface area contributed by atoms with Crippen molar-refractivity contribution in [2.45, 2.75) is 6.61 Å². The number of hydrogen-bond acceptors (Lipinski definition) is 4. The topological polar surface area (TPSA) is 52.6 Å². The highest BCUT2D eigenvalue weighted by Crippen LogP contribution is 2.33. The Balaban J connectivity index is 1.86. The SMILES string of the molecule is O=c1c(OCc2c(F)cccc2Cl)c(-c2ccco2)oc2ccc(Cl)cc12. The zero-order chi connectivity index (χ0) is 19.0. The third-order valence-corrected chi connectivity index (χ3v) is 4.57. The molecule has 4 rings (SSSR count). The normalized spacial score (nSPS) is 11.1. The molecule has 2 heterocycles. The molecule has 0 bridgehead atoms. The van der Waals surface area contributed by atoms with Crippen molar-refractivity contribution in [3.05, 3.63) is 86.4 Å². The molecule has 0 saturated carbocycles. The molecule has 0 N–H and O–H groups in total. The van der Waals surface area contributed by atoms with Crippen LogP contribution in [0.25, 0.3) is 22.5 Å². The van der Waals surface area contributed by atoms with Gasteiger partial charge in [-0.3, -0.25) is 4.79 Å². The van der Waals surface area contributed by atoms with Gasteiger partial charge in [0.05, 0.1) is 16.7 Å². The van der Waals surface area contributed by atoms with Crippen molar-refractivity contribution < 1.29 is 18.0 Å². The molecule has 0 amide bonds. The minimum Gasteiger partial charge on any atom is -0.481 e. The van der Waals surface area contributed by atoms with E-state index in [9.17, 15) is 9.18 Å². The van der Waals surface area contributed by atoms with Gasteiger partial charge in [0, 0.05) is 10.6 Å². The fourth-order valence-corrected chi connectivity index (χ4v) is 3.06. The summed E-state index contributed by atoms with van der Waals surface area (Å²) >= 11 is 12.0. The number of ether oxygens (including phenoxy) is 1. The molecule has 0 aliphatic carbocycles. The molecule has 0 unspecified atom stereocenters. The molecule has 0 fully saturated rings. The summed E-state index contributed by atoms with van der Waals surface area (Å²) in [5.41, 5.74) is 0.0137. The van der Waals surface area contributed by atoms with E-state index in [0.717, 1.165) is 0 Å². The summed E-state index contributed by atoms with van der Waals surface area (Å²) in [7, 11) is 0. The molecule has 136 valence electrons. The average Bonchev–Trinajstić information content (AvgIpc) is 3.17. The smallest absolute Gasteiger partial charge is 0.235 e. The van der Waals surface area contributed by atoms with Crippen LogP contribution < -0.4 is 10.2 Å². The van der Waals surface area contributed by atoms with Crippen LogP contribution in [0.15, 0.2) is 68.4 Å². The summed E-state index contributed by atoms with van der Waals surface area (Å²) in [6.45, 7) is -0.254. The van der Waals surface area contributed by atoms with Gasteiger partial charge in [-0.1, -0.05) is 29.3 Å². The minimum absolute atomic E-state index is 0.104. The Morgan fingerprint density at radius 3 is 2.67 bits per heavy atom. The third-order valence-electron chi connectivity index (χ3n) is 3.98.